The molecule has 0 aromatic carbocycles. The standard InChI is InChI=1S/C9H17NO/c1-10-9(6-11-7-9)8-4-2-3-5-8/h8,10H,2-7H2,1H3. The molecule has 1 saturated carbocycles. The van der Waals surface area contributed by atoms with Crippen molar-refractivity contribution >= 4 is 0 Å². The Kier molecular flexibility index (Phi) is 1.90. The van der Waals surface area contributed by atoms with Gasteiger partial charge in [-0.2, -0.15) is 0 Å². The Bertz CT molecular complexity index is 131. The van der Waals surface area contributed by atoms with Crippen LogP contribution in [0.5, 0.6) is 0 Å². The molecule has 0 aromatic heterocycles. The Labute approximate surface area is 68.3 Å². The minimum atomic E-state index is 0.372. The van der Waals surface area contributed by atoms with Gasteiger partial charge in [0.1, 0.15) is 0 Å². The van der Waals surface area contributed by atoms with Gasteiger partial charge in [-0.05, 0) is 25.8 Å². The second kappa shape index (κ2) is 2.76. The largest absolute Gasteiger partial charge is 0.377 e. The number of nitrogens with one attached hydrogen (secondary N) is 1. The molecular formula is C9H17NO. The summed E-state index contributed by atoms with van der Waals surface area (Å²) in [6, 6.07) is 0. The lowest BCUT2D eigenvalue weighted by atomic mass is 9.81. The molecule has 0 radical (unpaired) electrons. The van der Waals surface area contributed by atoms with Crippen LogP contribution in [-0.4, -0.2) is 25.8 Å². The number of hydrogen-bond acceptors (Lipinski definition) is 2. The van der Waals surface area contributed by atoms with Crippen molar-refractivity contribution in [3.8, 4) is 0 Å². The quantitative estimate of drug-likeness (QED) is 0.646. The lowest BCUT2D eigenvalue weighted by Gasteiger charge is -2.46. The summed E-state index contributed by atoms with van der Waals surface area (Å²) in [4.78, 5) is 0. The first-order chi connectivity index (χ1) is 5.37. The molecule has 0 bridgehead atoms. The molecule has 1 heterocycles. The molecule has 0 atom stereocenters. The van der Waals surface area contributed by atoms with Crippen molar-refractivity contribution in [2.45, 2.75) is 31.2 Å². The Balaban J connectivity index is 1.99. The fraction of sp³-hybridized carbons (Fsp3) is 1.00. The molecule has 1 aliphatic heterocycles. The molecule has 1 aliphatic carbocycles. The van der Waals surface area contributed by atoms with E-state index in [0.29, 0.717) is 5.54 Å². The zero-order valence-corrected chi connectivity index (χ0v) is 7.23. The molecule has 2 heteroatoms. The maximum absolute atomic E-state index is 5.28. The third-order valence-electron chi connectivity index (χ3n) is 3.35. The molecule has 2 aliphatic rings. The van der Waals surface area contributed by atoms with E-state index in [1.165, 1.54) is 25.7 Å². The predicted octanol–water partition coefficient (Wildman–Crippen LogP) is 1.16. The highest BCUT2D eigenvalue weighted by Crippen LogP contribution is 2.37. The minimum Gasteiger partial charge on any atom is -0.377 e. The zero-order chi connectivity index (χ0) is 7.73. The Hall–Kier alpha value is -0.0800. The average molecular weight is 155 g/mol. The lowest BCUT2D eigenvalue weighted by Crippen LogP contribution is -2.63. The van der Waals surface area contributed by atoms with E-state index in [2.05, 4.69) is 12.4 Å². The second-order valence-electron chi connectivity index (χ2n) is 3.88. The van der Waals surface area contributed by atoms with Gasteiger partial charge in [-0.15, -0.1) is 0 Å². The second-order valence-corrected chi connectivity index (χ2v) is 3.88. The van der Waals surface area contributed by atoms with E-state index in [1.54, 1.807) is 0 Å². The summed E-state index contributed by atoms with van der Waals surface area (Å²) in [5, 5.41) is 3.43. The first kappa shape index (κ1) is 7.56. The molecule has 1 N–H and O–H groups in total. The third-order valence-corrected chi connectivity index (χ3v) is 3.35. The summed E-state index contributed by atoms with van der Waals surface area (Å²) < 4.78 is 5.28. The normalized spacial score (nSPS) is 30.3. The maximum atomic E-state index is 5.28. The smallest absolute Gasteiger partial charge is 0.0679 e. The van der Waals surface area contributed by atoms with E-state index >= 15 is 0 Å². The molecule has 0 amide bonds. The van der Waals surface area contributed by atoms with Gasteiger partial charge in [0.15, 0.2) is 0 Å². The van der Waals surface area contributed by atoms with Gasteiger partial charge in [-0.3, -0.25) is 0 Å². The number of rotatable bonds is 2. The van der Waals surface area contributed by atoms with Crippen molar-refractivity contribution in [1.82, 2.24) is 5.32 Å². The van der Waals surface area contributed by atoms with Gasteiger partial charge in [-0.25, -0.2) is 0 Å². The molecule has 1 saturated heterocycles. The molecule has 2 rings (SSSR count). The SMILES string of the molecule is CNC1(C2CCCC2)COC1. The van der Waals surface area contributed by atoms with E-state index in [-0.39, 0.29) is 0 Å². The van der Waals surface area contributed by atoms with Crippen LogP contribution in [0, 0.1) is 5.92 Å². The molecule has 64 valence electrons. The average Bonchev–Trinajstić information content (AvgIpc) is 2.39. The van der Waals surface area contributed by atoms with Crippen LogP contribution < -0.4 is 5.32 Å². The van der Waals surface area contributed by atoms with Crippen LogP contribution >= 0.6 is 0 Å². The van der Waals surface area contributed by atoms with E-state index in [9.17, 15) is 0 Å². The van der Waals surface area contributed by atoms with Crippen LogP contribution in [0.2, 0.25) is 0 Å². The van der Waals surface area contributed by atoms with Gasteiger partial charge in [0.25, 0.3) is 0 Å². The molecule has 2 fully saturated rings. The number of likely N-dealkylation sites (N-methyl/N-ethyl adjacent to an activating group) is 1. The third kappa shape index (κ3) is 1.09. The highest BCUT2D eigenvalue weighted by molar-refractivity contribution is 5.00. The molecule has 2 nitrogen and oxygen atoms in total. The van der Waals surface area contributed by atoms with Gasteiger partial charge >= 0.3 is 0 Å². The van der Waals surface area contributed by atoms with Crippen molar-refractivity contribution in [2.24, 2.45) is 5.92 Å². The van der Waals surface area contributed by atoms with E-state index < -0.39 is 0 Å². The van der Waals surface area contributed by atoms with E-state index in [0.717, 1.165) is 19.1 Å². The minimum absolute atomic E-state index is 0.372. The first-order valence-electron chi connectivity index (χ1n) is 4.64. The summed E-state index contributed by atoms with van der Waals surface area (Å²) in [5.41, 5.74) is 0.372. The summed E-state index contributed by atoms with van der Waals surface area (Å²) in [5.74, 6) is 0.890. The van der Waals surface area contributed by atoms with Crippen molar-refractivity contribution in [2.75, 3.05) is 20.3 Å². The molecule has 0 unspecified atom stereocenters. The van der Waals surface area contributed by atoms with Crippen LogP contribution in [0.15, 0.2) is 0 Å². The first-order valence-corrected chi connectivity index (χ1v) is 4.64. The van der Waals surface area contributed by atoms with Gasteiger partial charge in [0, 0.05) is 0 Å². The van der Waals surface area contributed by atoms with Gasteiger partial charge in [-0.1, -0.05) is 12.8 Å². The fourth-order valence-electron chi connectivity index (χ4n) is 2.38. The van der Waals surface area contributed by atoms with Gasteiger partial charge < -0.3 is 10.1 Å². The van der Waals surface area contributed by atoms with Crippen LogP contribution in [0.25, 0.3) is 0 Å². The van der Waals surface area contributed by atoms with Crippen LogP contribution in [0.1, 0.15) is 25.7 Å². The van der Waals surface area contributed by atoms with Crippen LogP contribution in [-0.2, 0) is 4.74 Å². The highest BCUT2D eigenvalue weighted by Gasteiger charge is 2.44. The topological polar surface area (TPSA) is 21.3 Å². The predicted molar refractivity (Wildman–Crippen MR) is 44.6 cm³/mol. The Morgan fingerprint density at radius 3 is 2.27 bits per heavy atom. The van der Waals surface area contributed by atoms with Crippen LogP contribution in [0.3, 0.4) is 0 Å². The Morgan fingerprint density at radius 1 is 1.27 bits per heavy atom. The van der Waals surface area contributed by atoms with Gasteiger partial charge in [0.05, 0.1) is 18.8 Å². The van der Waals surface area contributed by atoms with Gasteiger partial charge in [0.2, 0.25) is 0 Å². The lowest BCUT2D eigenvalue weighted by molar-refractivity contribution is -0.0995. The van der Waals surface area contributed by atoms with Crippen molar-refractivity contribution in [3.05, 3.63) is 0 Å². The fourth-order valence-corrected chi connectivity index (χ4v) is 2.38. The maximum Gasteiger partial charge on any atom is 0.0679 e. The summed E-state index contributed by atoms with van der Waals surface area (Å²) in [7, 11) is 2.07. The molecule has 0 spiro atoms. The molecular weight excluding hydrogens is 138 g/mol. The van der Waals surface area contributed by atoms with Crippen molar-refractivity contribution < 1.29 is 4.74 Å². The summed E-state index contributed by atoms with van der Waals surface area (Å²) in [6.07, 6.45) is 5.66. The van der Waals surface area contributed by atoms with Crippen molar-refractivity contribution in [3.63, 3.8) is 0 Å². The number of hydrogen-bond donors (Lipinski definition) is 1. The highest BCUT2D eigenvalue weighted by atomic mass is 16.5. The summed E-state index contributed by atoms with van der Waals surface area (Å²) >= 11 is 0. The molecule has 11 heavy (non-hydrogen) atoms. The zero-order valence-electron chi connectivity index (χ0n) is 7.23. The monoisotopic (exact) mass is 155 g/mol. The summed E-state index contributed by atoms with van der Waals surface area (Å²) in [6.45, 7) is 1.88. The molecule has 0 aromatic rings. The van der Waals surface area contributed by atoms with E-state index in [1.807, 2.05) is 0 Å². The Morgan fingerprint density at radius 2 is 1.91 bits per heavy atom. The van der Waals surface area contributed by atoms with E-state index in [4.69, 9.17) is 4.74 Å². The van der Waals surface area contributed by atoms with Crippen molar-refractivity contribution in [1.29, 1.82) is 0 Å². The number of ether oxygens (including phenoxy) is 1. The van der Waals surface area contributed by atoms with Crippen LogP contribution in [0.4, 0.5) is 0 Å².